The zero-order valence-electron chi connectivity index (χ0n) is 8.49. The molecular weight excluding hydrogens is 287 g/mol. The molecule has 0 amide bonds. The molecule has 0 aliphatic heterocycles. The lowest BCUT2D eigenvalue weighted by atomic mass is 10.2. The molecule has 0 nitrogen and oxygen atoms in total. The van der Waals surface area contributed by atoms with Crippen LogP contribution in [0.1, 0.15) is 5.56 Å². The molecule has 2 aromatic carbocycles. The van der Waals surface area contributed by atoms with Crippen LogP contribution in [-0.2, 0) is 5.75 Å². The van der Waals surface area contributed by atoms with Crippen LogP contribution in [0.25, 0.3) is 0 Å². The largest absolute Gasteiger partial charge is 0.207 e. The average Bonchev–Trinajstić information content (AvgIpc) is 2.28. The van der Waals surface area contributed by atoms with Gasteiger partial charge < -0.3 is 0 Å². The van der Waals surface area contributed by atoms with Crippen molar-refractivity contribution in [3.63, 3.8) is 0 Å². The average molecular weight is 297 g/mol. The van der Waals surface area contributed by atoms with Crippen molar-refractivity contribution in [1.29, 1.82) is 0 Å². The Bertz CT molecular complexity index is 468. The minimum atomic E-state index is -0.188. The summed E-state index contributed by atoms with van der Waals surface area (Å²) in [5.41, 5.74) is 1.25. The molecule has 82 valence electrons. The summed E-state index contributed by atoms with van der Waals surface area (Å²) >= 11 is 5.14. The molecule has 16 heavy (non-hydrogen) atoms. The molecule has 2 rings (SSSR count). The molecule has 0 radical (unpaired) electrons. The van der Waals surface area contributed by atoms with E-state index >= 15 is 0 Å². The number of halogens is 2. The first-order valence-corrected chi connectivity index (χ1v) is 6.65. The van der Waals surface area contributed by atoms with E-state index in [0.717, 1.165) is 15.1 Å². The SMILES string of the molecule is Fc1ccc(SCc2cccc(Br)c2)cc1. The van der Waals surface area contributed by atoms with E-state index in [4.69, 9.17) is 0 Å². The highest BCUT2D eigenvalue weighted by Crippen LogP contribution is 2.24. The molecule has 0 spiro atoms. The van der Waals surface area contributed by atoms with Crippen LogP contribution in [0.15, 0.2) is 57.9 Å². The van der Waals surface area contributed by atoms with E-state index in [1.54, 1.807) is 23.9 Å². The predicted molar refractivity (Wildman–Crippen MR) is 70.1 cm³/mol. The molecule has 2 aromatic rings. The van der Waals surface area contributed by atoms with Gasteiger partial charge in [0, 0.05) is 15.1 Å². The van der Waals surface area contributed by atoms with Crippen molar-refractivity contribution in [3.05, 3.63) is 64.4 Å². The Morgan fingerprint density at radius 1 is 1.06 bits per heavy atom. The number of thioether (sulfide) groups is 1. The van der Waals surface area contributed by atoms with Crippen LogP contribution in [0, 0.1) is 5.82 Å². The second-order valence-electron chi connectivity index (χ2n) is 3.37. The standard InChI is InChI=1S/C13H10BrFS/c14-11-3-1-2-10(8-11)9-16-13-6-4-12(15)5-7-13/h1-8H,9H2. The van der Waals surface area contributed by atoms with Crippen LogP contribution >= 0.6 is 27.7 Å². The Morgan fingerprint density at radius 2 is 1.81 bits per heavy atom. The van der Waals surface area contributed by atoms with Gasteiger partial charge in [0.25, 0.3) is 0 Å². The van der Waals surface area contributed by atoms with Crippen molar-refractivity contribution in [1.82, 2.24) is 0 Å². The van der Waals surface area contributed by atoms with Crippen LogP contribution in [-0.4, -0.2) is 0 Å². The van der Waals surface area contributed by atoms with Gasteiger partial charge in [0.1, 0.15) is 5.82 Å². The Labute approximate surface area is 107 Å². The summed E-state index contributed by atoms with van der Waals surface area (Å²) in [6, 6.07) is 14.8. The van der Waals surface area contributed by atoms with Gasteiger partial charge >= 0.3 is 0 Å². The third-order valence-corrected chi connectivity index (χ3v) is 3.68. The molecule has 0 heterocycles. The summed E-state index contributed by atoms with van der Waals surface area (Å²) in [5, 5.41) is 0. The van der Waals surface area contributed by atoms with Crippen molar-refractivity contribution in [2.24, 2.45) is 0 Å². The highest BCUT2D eigenvalue weighted by Gasteiger charge is 1.97. The van der Waals surface area contributed by atoms with E-state index in [-0.39, 0.29) is 5.82 Å². The van der Waals surface area contributed by atoms with Gasteiger partial charge in [-0.25, -0.2) is 4.39 Å². The lowest BCUT2D eigenvalue weighted by Crippen LogP contribution is -1.80. The van der Waals surface area contributed by atoms with E-state index in [2.05, 4.69) is 28.1 Å². The van der Waals surface area contributed by atoms with Crippen LogP contribution in [0.4, 0.5) is 4.39 Å². The molecule has 3 heteroatoms. The number of hydrogen-bond donors (Lipinski definition) is 0. The first-order valence-electron chi connectivity index (χ1n) is 4.87. The van der Waals surface area contributed by atoms with E-state index < -0.39 is 0 Å². The number of benzene rings is 2. The highest BCUT2D eigenvalue weighted by atomic mass is 79.9. The topological polar surface area (TPSA) is 0 Å². The maximum atomic E-state index is 12.7. The molecule has 0 aliphatic rings. The fourth-order valence-electron chi connectivity index (χ4n) is 1.32. The van der Waals surface area contributed by atoms with Crippen molar-refractivity contribution < 1.29 is 4.39 Å². The van der Waals surface area contributed by atoms with Gasteiger partial charge in [0.05, 0.1) is 0 Å². The summed E-state index contributed by atoms with van der Waals surface area (Å²) in [7, 11) is 0. The van der Waals surface area contributed by atoms with Crippen molar-refractivity contribution in [2.45, 2.75) is 10.6 Å². The van der Waals surface area contributed by atoms with Gasteiger partial charge in [0.2, 0.25) is 0 Å². The fraction of sp³-hybridized carbons (Fsp3) is 0.0769. The number of rotatable bonds is 3. The summed E-state index contributed by atoms with van der Waals surface area (Å²) in [6.07, 6.45) is 0. The minimum absolute atomic E-state index is 0.188. The molecule has 0 aliphatic carbocycles. The molecule has 0 fully saturated rings. The van der Waals surface area contributed by atoms with Crippen LogP contribution in [0.3, 0.4) is 0 Å². The van der Waals surface area contributed by atoms with E-state index in [1.807, 2.05) is 12.1 Å². The lowest BCUT2D eigenvalue weighted by molar-refractivity contribution is 0.626. The first kappa shape index (κ1) is 11.7. The molecule has 0 bridgehead atoms. The highest BCUT2D eigenvalue weighted by molar-refractivity contribution is 9.10. The molecule has 0 aromatic heterocycles. The molecular formula is C13H10BrFS. The Morgan fingerprint density at radius 3 is 2.50 bits per heavy atom. The second-order valence-corrected chi connectivity index (χ2v) is 5.34. The molecule has 0 atom stereocenters. The zero-order valence-corrected chi connectivity index (χ0v) is 10.9. The van der Waals surface area contributed by atoms with E-state index in [0.29, 0.717) is 0 Å². The Kier molecular flexibility index (Phi) is 4.02. The lowest BCUT2D eigenvalue weighted by Gasteiger charge is -2.02. The first-order chi connectivity index (χ1) is 7.74. The maximum absolute atomic E-state index is 12.7. The maximum Gasteiger partial charge on any atom is 0.123 e. The van der Waals surface area contributed by atoms with Gasteiger partial charge in [0.15, 0.2) is 0 Å². The second kappa shape index (κ2) is 5.51. The summed E-state index contributed by atoms with van der Waals surface area (Å²) < 4.78 is 13.8. The van der Waals surface area contributed by atoms with Crippen LogP contribution in [0.2, 0.25) is 0 Å². The molecule has 0 saturated heterocycles. The summed E-state index contributed by atoms with van der Waals surface area (Å²) in [4.78, 5) is 1.08. The van der Waals surface area contributed by atoms with Crippen LogP contribution in [0.5, 0.6) is 0 Å². The van der Waals surface area contributed by atoms with Gasteiger partial charge in [-0.05, 0) is 42.0 Å². The Hall–Kier alpha value is -0.800. The fourth-order valence-corrected chi connectivity index (χ4v) is 2.61. The van der Waals surface area contributed by atoms with Crippen LogP contribution < -0.4 is 0 Å². The monoisotopic (exact) mass is 296 g/mol. The molecule has 0 unspecified atom stereocenters. The third-order valence-electron chi connectivity index (χ3n) is 2.11. The predicted octanol–water partition coefficient (Wildman–Crippen LogP) is 4.88. The third kappa shape index (κ3) is 3.35. The van der Waals surface area contributed by atoms with Gasteiger partial charge in [-0.15, -0.1) is 11.8 Å². The quantitative estimate of drug-likeness (QED) is 0.728. The smallest absolute Gasteiger partial charge is 0.123 e. The normalized spacial score (nSPS) is 10.4. The number of hydrogen-bond acceptors (Lipinski definition) is 1. The summed E-state index contributed by atoms with van der Waals surface area (Å²) in [6.45, 7) is 0. The van der Waals surface area contributed by atoms with E-state index in [1.165, 1.54) is 17.7 Å². The minimum Gasteiger partial charge on any atom is -0.207 e. The van der Waals surface area contributed by atoms with Gasteiger partial charge in [-0.1, -0.05) is 28.1 Å². The Balaban J connectivity index is 1.99. The molecule has 0 N–H and O–H groups in total. The molecule has 0 saturated carbocycles. The zero-order chi connectivity index (χ0) is 11.4. The van der Waals surface area contributed by atoms with Gasteiger partial charge in [-0.2, -0.15) is 0 Å². The summed E-state index contributed by atoms with van der Waals surface area (Å²) in [5.74, 6) is 0.706. The van der Waals surface area contributed by atoms with E-state index in [9.17, 15) is 4.39 Å². The van der Waals surface area contributed by atoms with Crippen molar-refractivity contribution in [2.75, 3.05) is 0 Å². The van der Waals surface area contributed by atoms with Crippen molar-refractivity contribution >= 4 is 27.7 Å². The van der Waals surface area contributed by atoms with Gasteiger partial charge in [-0.3, -0.25) is 0 Å². The van der Waals surface area contributed by atoms with Crippen molar-refractivity contribution in [3.8, 4) is 0 Å².